The minimum atomic E-state index is 0. The van der Waals surface area contributed by atoms with Gasteiger partial charge in [0.25, 0.3) is 0 Å². The molecule has 5 nitrogen and oxygen atoms in total. The molecule has 3 rings (SSSR count). The van der Waals surface area contributed by atoms with Crippen LogP contribution in [0.3, 0.4) is 0 Å². The molecular weight excluding hydrogens is 483 g/mol. The summed E-state index contributed by atoms with van der Waals surface area (Å²) >= 11 is 1.79. The third kappa shape index (κ3) is 6.77. The van der Waals surface area contributed by atoms with E-state index in [9.17, 15) is 4.79 Å². The SMILES string of the molecule is CCNC(=NCc1cccc(NC(=O)C2CCC2)c1)NCc1ccc(C)s1.I. The Labute approximate surface area is 188 Å². The van der Waals surface area contributed by atoms with Crippen molar-refractivity contribution >= 4 is 52.9 Å². The first kappa shape index (κ1) is 22.7. The van der Waals surface area contributed by atoms with E-state index in [1.807, 2.05) is 24.3 Å². The minimum absolute atomic E-state index is 0. The van der Waals surface area contributed by atoms with Crippen LogP contribution in [0.25, 0.3) is 0 Å². The van der Waals surface area contributed by atoms with E-state index < -0.39 is 0 Å². The molecule has 1 aliphatic rings. The van der Waals surface area contributed by atoms with Crippen LogP contribution < -0.4 is 16.0 Å². The number of benzene rings is 1. The predicted molar refractivity (Wildman–Crippen MR) is 129 cm³/mol. The average molecular weight is 512 g/mol. The third-order valence-electron chi connectivity index (χ3n) is 4.66. The molecule has 1 aromatic carbocycles. The molecule has 152 valence electrons. The molecule has 2 aromatic rings. The molecular formula is C21H29IN4OS. The number of anilines is 1. The van der Waals surface area contributed by atoms with E-state index in [-0.39, 0.29) is 35.8 Å². The standard InChI is InChI=1S/C21H28N4OS.HI/c1-3-22-21(24-14-19-11-10-15(2)27-19)23-13-16-6-4-9-18(12-16)25-20(26)17-7-5-8-17;/h4,6,9-12,17H,3,5,7-8,13-14H2,1-2H3,(H,25,26)(H2,22,23,24);1H. The van der Waals surface area contributed by atoms with Gasteiger partial charge in [-0.05, 0) is 56.5 Å². The molecule has 1 saturated carbocycles. The number of amides is 1. The Kier molecular flexibility index (Phi) is 9.24. The fourth-order valence-electron chi connectivity index (χ4n) is 2.93. The first-order chi connectivity index (χ1) is 13.1. The summed E-state index contributed by atoms with van der Waals surface area (Å²) in [5.41, 5.74) is 1.93. The number of guanidine groups is 1. The maximum absolute atomic E-state index is 12.1. The second-order valence-corrected chi connectivity index (χ2v) is 8.25. The second kappa shape index (κ2) is 11.4. The molecule has 28 heavy (non-hydrogen) atoms. The van der Waals surface area contributed by atoms with Crippen LogP contribution in [0.4, 0.5) is 5.69 Å². The van der Waals surface area contributed by atoms with Crippen molar-refractivity contribution in [3.8, 4) is 0 Å². The Morgan fingerprint density at radius 2 is 2.04 bits per heavy atom. The number of aliphatic imine (C=N–C) groups is 1. The summed E-state index contributed by atoms with van der Waals surface area (Å²) in [5.74, 6) is 1.13. The van der Waals surface area contributed by atoms with E-state index in [0.29, 0.717) is 6.54 Å². The lowest BCUT2D eigenvalue weighted by molar-refractivity contribution is -0.122. The fraction of sp³-hybridized carbons (Fsp3) is 0.429. The van der Waals surface area contributed by atoms with E-state index in [1.165, 1.54) is 9.75 Å². The van der Waals surface area contributed by atoms with Gasteiger partial charge in [0.15, 0.2) is 5.96 Å². The van der Waals surface area contributed by atoms with Gasteiger partial charge in [-0.1, -0.05) is 18.6 Å². The van der Waals surface area contributed by atoms with E-state index in [2.05, 4.69) is 46.9 Å². The number of rotatable bonds is 7. The van der Waals surface area contributed by atoms with Gasteiger partial charge in [-0.25, -0.2) is 4.99 Å². The third-order valence-corrected chi connectivity index (χ3v) is 5.66. The maximum atomic E-state index is 12.1. The molecule has 1 amide bonds. The quantitative estimate of drug-likeness (QED) is 0.287. The summed E-state index contributed by atoms with van der Waals surface area (Å²) in [6, 6.07) is 12.2. The highest BCUT2D eigenvalue weighted by molar-refractivity contribution is 14.0. The molecule has 0 aliphatic heterocycles. The molecule has 0 spiro atoms. The zero-order chi connectivity index (χ0) is 19.1. The molecule has 0 unspecified atom stereocenters. The van der Waals surface area contributed by atoms with Crippen LogP contribution in [0, 0.1) is 12.8 Å². The van der Waals surface area contributed by atoms with Crippen LogP contribution in [-0.2, 0) is 17.9 Å². The van der Waals surface area contributed by atoms with Gasteiger partial charge in [-0.2, -0.15) is 0 Å². The second-order valence-electron chi connectivity index (χ2n) is 6.88. The number of hydrogen-bond acceptors (Lipinski definition) is 3. The van der Waals surface area contributed by atoms with E-state index in [1.54, 1.807) is 11.3 Å². The van der Waals surface area contributed by atoms with Crippen LogP contribution in [0.1, 0.15) is 41.5 Å². The van der Waals surface area contributed by atoms with Crippen molar-refractivity contribution < 1.29 is 4.79 Å². The summed E-state index contributed by atoms with van der Waals surface area (Å²) in [7, 11) is 0. The zero-order valence-corrected chi connectivity index (χ0v) is 19.6. The van der Waals surface area contributed by atoms with Crippen LogP contribution in [0.2, 0.25) is 0 Å². The van der Waals surface area contributed by atoms with E-state index >= 15 is 0 Å². The minimum Gasteiger partial charge on any atom is -0.357 e. The lowest BCUT2D eigenvalue weighted by atomic mass is 9.85. The lowest BCUT2D eigenvalue weighted by Gasteiger charge is -2.24. The van der Waals surface area contributed by atoms with Crippen LogP contribution in [0.5, 0.6) is 0 Å². The molecule has 1 heterocycles. The van der Waals surface area contributed by atoms with E-state index in [0.717, 1.165) is 49.6 Å². The van der Waals surface area contributed by atoms with Crippen molar-refractivity contribution in [2.75, 3.05) is 11.9 Å². The summed E-state index contributed by atoms with van der Waals surface area (Å²) in [6.45, 7) is 6.31. The zero-order valence-electron chi connectivity index (χ0n) is 16.5. The molecule has 0 bridgehead atoms. The highest BCUT2D eigenvalue weighted by atomic mass is 127. The van der Waals surface area contributed by atoms with Gasteiger partial charge in [0.2, 0.25) is 5.91 Å². The Hall–Kier alpha value is -1.61. The molecule has 0 radical (unpaired) electrons. The number of aryl methyl sites for hydroxylation is 1. The Bertz CT molecular complexity index is 801. The molecule has 3 N–H and O–H groups in total. The largest absolute Gasteiger partial charge is 0.357 e. The molecule has 1 aliphatic carbocycles. The van der Waals surface area contributed by atoms with Gasteiger partial charge in [-0.3, -0.25) is 4.79 Å². The molecule has 1 aromatic heterocycles. The van der Waals surface area contributed by atoms with Crippen LogP contribution in [0.15, 0.2) is 41.4 Å². The molecule has 0 atom stereocenters. The topological polar surface area (TPSA) is 65.5 Å². The van der Waals surface area contributed by atoms with Crippen molar-refractivity contribution in [1.82, 2.24) is 10.6 Å². The van der Waals surface area contributed by atoms with Gasteiger partial charge < -0.3 is 16.0 Å². The fourth-order valence-corrected chi connectivity index (χ4v) is 3.76. The highest BCUT2D eigenvalue weighted by Gasteiger charge is 2.25. The summed E-state index contributed by atoms with van der Waals surface area (Å²) in [4.78, 5) is 19.4. The number of nitrogens with zero attached hydrogens (tertiary/aromatic N) is 1. The van der Waals surface area contributed by atoms with Gasteiger partial charge in [0.1, 0.15) is 0 Å². The molecule has 1 fully saturated rings. The Morgan fingerprint density at radius 1 is 1.21 bits per heavy atom. The van der Waals surface area contributed by atoms with E-state index in [4.69, 9.17) is 0 Å². The summed E-state index contributed by atoms with van der Waals surface area (Å²) in [6.07, 6.45) is 3.19. The van der Waals surface area contributed by atoms with Crippen molar-refractivity contribution in [3.63, 3.8) is 0 Å². The maximum Gasteiger partial charge on any atom is 0.227 e. The number of halogens is 1. The van der Waals surface area contributed by atoms with Crippen molar-refractivity contribution in [2.45, 2.75) is 46.2 Å². The number of hydrogen-bond donors (Lipinski definition) is 3. The smallest absolute Gasteiger partial charge is 0.227 e. The first-order valence-electron chi connectivity index (χ1n) is 9.61. The Morgan fingerprint density at radius 3 is 2.68 bits per heavy atom. The van der Waals surface area contributed by atoms with Crippen molar-refractivity contribution in [3.05, 3.63) is 51.7 Å². The summed E-state index contributed by atoms with van der Waals surface area (Å²) in [5, 5.41) is 9.69. The number of carbonyl (C=O) groups is 1. The Balaban J connectivity index is 0.00000280. The van der Waals surface area contributed by atoms with Gasteiger partial charge in [-0.15, -0.1) is 35.3 Å². The van der Waals surface area contributed by atoms with Crippen molar-refractivity contribution in [1.29, 1.82) is 0 Å². The summed E-state index contributed by atoms with van der Waals surface area (Å²) < 4.78 is 0. The monoisotopic (exact) mass is 512 g/mol. The number of carbonyl (C=O) groups excluding carboxylic acids is 1. The predicted octanol–water partition coefficient (Wildman–Crippen LogP) is 4.67. The first-order valence-corrected chi connectivity index (χ1v) is 10.4. The molecule has 0 saturated heterocycles. The average Bonchev–Trinajstić information content (AvgIpc) is 3.01. The van der Waals surface area contributed by atoms with Crippen LogP contribution >= 0.6 is 35.3 Å². The molecule has 7 heteroatoms. The van der Waals surface area contributed by atoms with Gasteiger partial charge in [0, 0.05) is 27.9 Å². The number of nitrogens with one attached hydrogen (secondary N) is 3. The highest BCUT2D eigenvalue weighted by Crippen LogP contribution is 2.27. The normalized spacial score (nSPS) is 14.0. The number of thiophene rings is 1. The van der Waals surface area contributed by atoms with Crippen LogP contribution in [-0.4, -0.2) is 18.4 Å². The van der Waals surface area contributed by atoms with Gasteiger partial charge in [0.05, 0.1) is 13.1 Å². The van der Waals surface area contributed by atoms with Crippen molar-refractivity contribution in [2.24, 2.45) is 10.9 Å². The van der Waals surface area contributed by atoms with Gasteiger partial charge >= 0.3 is 0 Å². The lowest BCUT2D eigenvalue weighted by Crippen LogP contribution is -2.36.